The summed E-state index contributed by atoms with van der Waals surface area (Å²) in [5.74, 6) is 0.921. The molecule has 4 nitrogen and oxygen atoms in total. The van der Waals surface area contributed by atoms with Gasteiger partial charge in [0.1, 0.15) is 5.76 Å². The number of hydrogen-bond donors (Lipinski definition) is 0. The molecule has 0 unspecified atom stereocenters. The molecule has 5 heteroatoms. The third-order valence-corrected chi connectivity index (χ3v) is 5.22. The minimum atomic E-state index is 0.116. The maximum Gasteiger partial charge on any atom is 0.264 e. The number of rotatable bonds is 3. The molecule has 3 heterocycles. The van der Waals surface area contributed by atoms with E-state index >= 15 is 0 Å². The molecule has 24 heavy (non-hydrogen) atoms. The molecule has 1 amide bonds. The second kappa shape index (κ2) is 6.53. The van der Waals surface area contributed by atoms with Crippen LogP contribution in [-0.4, -0.2) is 37.0 Å². The summed E-state index contributed by atoms with van der Waals surface area (Å²) < 4.78 is 5.40. The highest BCUT2D eigenvalue weighted by Gasteiger charge is 2.23. The lowest BCUT2D eigenvalue weighted by Crippen LogP contribution is -2.48. The lowest BCUT2D eigenvalue weighted by Gasteiger charge is -2.35. The maximum atomic E-state index is 12.7. The first-order chi connectivity index (χ1) is 11.8. The summed E-state index contributed by atoms with van der Waals surface area (Å²) in [5, 5.41) is 1.98. The van der Waals surface area contributed by atoms with Gasteiger partial charge < -0.3 is 14.2 Å². The van der Waals surface area contributed by atoms with Crippen molar-refractivity contribution in [2.75, 3.05) is 31.1 Å². The first kappa shape index (κ1) is 15.0. The number of carbonyl (C=O) groups is 1. The summed E-state index contributed by atoms with van der Waals surface area (Å²) in [4.78, 5) is 17.8. The van der Waals surface area contributed by atoms with E-state index in [0.717, 1.165) is 42.4 Å². The van der Waals surface area contributed by atoms with E-state index in [1.54, 1.807) is 6.26 Å². The van der Waals surface area contributed by atoms with E-state index in [1.807, 2.05) is 34.5 Å². The van der Waals surface area contributed by atoms with Crippen molar-refractivity contribution >= 4 is 22.9 Å². The van der Waals surface area contributed by atoms with Gasteiger partial charge in [0.2, 0.25) is 0 Å². The molecule has 2 aromatic heterocycles. The van der Waals surface area contributed by atoms with Gasteiger partial charge >= 0.3 is 0 Å². The van der Waals surface area contributed by atoms with Crippen molar-refractivity contribution in [3.8, 4) is 11.3 Å². The first-order valence-electron chi connectivity index (χ1n) is 8.03. The van der Waals surface area contributed by atoms with Crippen LogP contribution in [0.1, 0.15) is 9.67 Å². The Morgan fingerprint density at radius 3 is 2.50 bits per heavy atom. The molecule has 3 aromatic rings. The summed E-state index contributed by atoms with van der Waals surface area (Å²) in [6, 6.07) is 16.1. The van der Waals surface area contributed by atoms with E-state index < -0.39 is 0 Å². The lowest BCUT2D eigenvalue weighted by molar-refractivity contribution is 0.0751. The highest BCUT2D eigenvalue weighted by Crippen LogP contribution is 2.27. The van der Waals surface area contributed by atoms with Crippen molar-refractivity contribution in [2.45, 2.75) is 0 Å². The molecule has 4 rings (SSSR count). The molecule has 1 aliphatic rings. The van der Waals surface area contributed by atoms with Gasteiger partial charge in [-0.2, -0.15) is 0 Å². The molecule has 0 atom stereocenters. The number of anilines is 1. The van der Waals surface area contributed by atoms with Gasteiger partial charge in [-0.3, -0.25) is 4.79 Å². The van der Waals surface area contributed by atoms with Gasteiger partial charge in [-0.15, -0.1) is 11.3 Å². The molecule has 1 fully saturated rings. The molecule has 122 valence electrons. The Hall–Kier alpha value is -2.53. The Balaban J connectivity index is 1.41. The molecule has 1 aliphatic heterocycles. The Labute approximate surface area is 144 Å². The second-order valence-electron chi connectivity index (χ2n) is 5.79. The van der Waals surface area contributed by atoms with E-state index in [4.69, 9.17) is 4.42 Å². The van der Waals surface area contributed by atoms with Gasteiger partial charge in [-0.05, 0) is 30.3 Å². The number of para-hydroxylation sites is 1. The van der Waals surface area contributed by atoms with Gasteiger partial charge in [0.15, 0.2) is 0 Å². The molecular weight excluding hydrogens is 320 g/mol. The number of amides is 1. The lowest BCUT2D eigenvalue weighted by atomic mass is 10.2. The predicted octanol–water partition coefficient (Wildman–Crippen LogP) is 3.97. The fraction of sp³-hybridized carbons (Fsp3) is 0.211. The van der Waals surface area contributed by atoms with Crippen molar-refractivity contribution in [1.29, 1.82) is 0 Å². The van der Waals surface area contributed by atoms with E-state index in [9.17, 15) is 4.79 Å². The fourth-order valence-electron chi connectivity index (χ4n) is 2.98. The topological polar surface area (TPSA) is 36.7 Å². The van der Waals surface area contributed by atoms with E-state index in [-0.39, 0.29) is 5.91 Å². The molecule has 0 bridgehead atoms. The average molecular weight is 338 g/mol. The molecule has 0 N–H and O–H groups in total. The number of thiophene rings is 1. The summed E-state index contributed by atoms with van der Waals surface area (Å²) in [6.45, 7) is 3.24. The number of hydrogen-bond acceptors (Lipinski definition) is 4. The highest BCUT2D eigenvalue weighted by atomic mass is 32.1. The van der Waals surface area contributed by atoms with Crippen molar-refractivity contribution in [1.82, 2.24) is 4.90 Å². The number of furan rings is 1. The minimum Gasteiger partial charge on any atom is -0.464 e. The fourth-order valence-corrected chi connectivity index (χ4v) is 3.85. The number of nitrogens with zero attached hydrogens (tertiary/aromatic N) is 2. The smallest absolute Gasteiger partial charge is 0.264 e. The van der Waals surface area contributed by atoms with Crippen LogP contribution in [-0.2, 0) is 0 Å². The zero-order valence-corrected chi connectivity index (χ0v) is 14.0. The van der Waals surface area contributed by atoms with Crippen LogP contribution in [0, 0.1) is 0 Å². The highest BCUT2D eigenvalue weighted by molar-refractivity contribution is 7.12. The van der Waals surface area contributed by atoms with Crippen molar-refractivity contribution in [3.05, 3.63) is 65.1 Å². The third kappa shape index (κ3) is 2.95. The van der Waals surface area contributed by atoms with Gasteiger partial charge in [-0.25, -0.2) is 0 Å². The van der Waals surface area contributed by atoms with Crippen molar-refractivity contribution < 1.29 is 9.21 Å². The average Bonchev–Trinajstić information content (AvgIpc) is 3.33. The third-order valence-electron chi connectivity index (χ3n) is 4.30. The molecule has 0 aliphatic carbocycles. The normalized spacial score (nSPS) is 14.8. The second-order valence-corrected chi connectivity index (χ2v) is 6.70. The van der Waals surface area contributed by atoms with Crippen LogP contribution in [0.4, 0.5) is 5.69 Å². The van der Waals surface area contributed by atoms with E-state index in [2.05, 4.69) is 29.2 Å². The largest absolute Gasteiger partial charge is 0.464 e. The maximum absolute atomic E-state index is 12.7. The first-order valence-corrected chi connectivity index (χ1v) is 8.91. The predicted molar refractivity (Wildman–Crippen MR) is 96.6 cm³/mol. The van der Waals surface area contributed by atoms with Gasteiger partial charge in [0.25, 0.3) is 5.91 Å². The molecular formula is C19H18N2O2S. The van der Waals surface area contributed by atoms with Crippen LogP contribution in [0.5, 0.6) is 0 Å². The van der Waals surface area contributed by atoms with Gasteiger partial charge in [0, 0.05) is 42.8 Å². The summed E-state index contributed by atoms with van der Waals surface area (Å²) >= 11 is 1.48. The minimum absolute atomic E-state index is 0.116. The van der Waals surface area contributed by atoms with Crippen LogP contribution in [0.25, 0.3) is 11.3 Å². The van der Waals surface area contributed by atoms with E-state index in [0.29, 0.717) is 0 Å². The summed E-state index contributed by atoms with van der Waals surface area (Å²) in [7, 11) is 0. The molecule has 0 radical (unpaired) electrons. The van der Waals surface area contributed by atoms with Crippen molar-refractivity contribution in [2.24, 2.45) is 0 Å². The quantitative estimate of drug-likeness (QED) is 0.725. The van der Waals surface area contributed by atoms with Crippen LogP contribution >= 0.6 is 11.3 Å². The Bertz CT molecular complexity index is 803. The number of benzene rings is 1. The number of piperazine rings is 1. The molecule has 0 saturated carbocycles. The Morgan fingerprint density at radius 1 is 1.00 bits per heavy atom. The SMILES string of the molecule is O=C(c1cc(-c2ccco2)cs1)N1CCN(c2ccccc2)CC1. The Kier molecular flexibility index (Phi) is 4.09. The molecule has 0 spiro atoms. The zero-order valence-electron chi connectivity index (χ0n) is 13.2. The van der Waals surface area contributed by atoms with Crippen LogP contribution in [0.15, 0.2) is 64.6 Å². The van der Waals surface area contributed by atoms with Crippen LogP contribution < -0.4 is 4.90 Å². The van der Waals surface area contributed by atoms with Crippen molar-refractivity contribution in [3.63, 3.8) is 0 Å². The summed E-state index contributed by atoms with van der Waals surface area (Å²) in [6.07, 6.45) is 1.65. The van der Waals surface area contributed by atoms with Crippen LogP contribution in [0.3, 0.4) is 0 Å². The molecule has 1 aromatic carbocycles. The monoisotopic (exact) mass is 338 g/mol. The summed E-state index contributed by atoms with van der Waals surface area (Å²) in [5.41, 5.74) is 2.19. The standard InChI is InChI=1S/C19H18N2O2S/c22-19(18-13-15(14-24-18)17-7-4-12-23-17)21-10-8-20(9-11-21)16-5-2-1-3-6-16/h1-7,12-14H,8-11H2. The molecule has 1 saturated heterocycles. The van der Waals surface area contributed by atoms with Gasteiger partial charge in [-0.1, -0.05) is 18.2 Å². The van der Waals surface area contributed by atoms with Gasteiger partial charge in [0.05, 0.1) is 11.1 Å². The van der Waals surface area contributed by atoms with E-state index in [1.165, 1.54) is 17.0 Å². The number of carbonyl (C=O) groups excluding carboxylic acids is 1. The van der Waals surface area contributed by atoms with Crippen LogP contribution in [0.2, 0.25) is 0 Å². The Morgan fingerprint density at radius 2 is 1.79 bits per heavy atom. The zero-order chi connectivity index (χ0) is 16.4.